The molecular weight excluding hydrogens is 166 g/mol. The highest BCUT2D eigenvalue weighted by molar-refractivity contribution is 7.81. The molecule has 1 aliphatic rings. The lowest BCUT2D eigenvalue weighted by atomic mass is 10.1. The third-order valence-corrected chi connectivity index (χ3v) is 3.20. The van der Waals surface area contributed by atoms with Crippen molar-refractivity contribution in [2.24, 2.45) is 0 Å². The first-order chi connectivity index (χ1) is 5.72. The van der Waals surface area contributed by atoms with Crippen LogP contribution in [0, 0.1) is 0 Å². The molecule has 0 saturated carbocycles. The fraction of sp³-hybridized carbons (Fsp3) is 1.00. The fourth-order valence-corrected chi connectivity index (χ4v) is 1.86. The molecule has 1 heterocycles. The molecule has 0 spiro atoms. The molecule has 0 aromatic carbocycles. The normalized spacial score (nSPS) is 31.8. The van der Waals surface area contributed by atoms with Crippen molar-refractivity contribution in [2.75, 3.05) is 13.6 Å². The van der Waals surface area contributed by atoms with Crippen LogP contribution in [0.15, 0.2) is 0 Å². The Morgan fingerprint density at radius 1 is 1.25 bits per heavy atom. The summed E-state index contributed by atoms with van der Waals surface area (Å²) >= 11 is 4.54. The van der Waals surface area contributed by atoms with Gasteiger partial charge in [-0.1, -0.05) is 20.3 Å². The molecule has 0 aromatic heterocycles. The minimum Gasteiger partial charge on any atom is -0.303 e. The Labute approximate surface area is 82.9 Å². The maximum atomic E-state index is 4.54. The second-order valence-electron chi connectivity index (χ2n) is 3.28. The molecule has 2 unspecified atom stereocenters. The summed E-state index contributed by atoms with van der Waals surface area (Å²) in [6, 6.07) is 0.658. The van der Waals surface area contributed by atoms with Gasteiger partial charge in [-0.25, -0.2) is 0 Å². The summed E-state index contributed by atoms with van der Waals surface area (Å²) in [6.45, 7) is 7.52. The highest BCUT2D eigenvalue weighted by Crippen LogP contribution is 2.19. The maximum Gasteiger partial charge on any atom is 0.0180 e. The van der Waals surface area contributed by atoms with E-state index in [0.717, 1.165) is 0 Å². The highest BCUT2D eigenvalue weighted by Gasteiger charge is 2.19. The van der Waals surface area contributed by atoms with Crippen LogP contribution in [-0.2, 0) is 0 Å². The Bertz CT molecular complexity index is 94.0. The van der Waals surface area contributed by atoms with E-state index in [1.54, 1.807) is 0 Å². The van der Waals surface area contributed by atoms with Crippen molar-refractivity contribution in [3.05, 3.63) is 0 Å². The third-order valence-electron chi connectivity index (χ3n) is 2.51. The van der Waals surface area contributed by atoms with Gasteiger partial charge < -0.3 is 4.90 Å². The lowest BCUT2D eigenvalue weighted by Gasteiger charge is -2.25. The second-order valence-corrected chi connectivity index (χ2v) is 3.95. The molecular formula is C10H23NS. The van der Waals surface area contributed by atoms with E-state index < -0.39 is 0 Å². The number of hydrogen-bond acceptors (Lipinski definition) is 2. The van der Waals surface area contributed by atoms with E-state index in [0.29, 0.717) is 11.3 Å². The van der Waals surface area contributed by atoms with Crippen LogP contribution in [-0.4, -0.2) is 29.8 Å². The molecule has 0 aliphatic carbocycles. The van der Waals surface area contributed by atoms with Gasteiger partial charge in [-0.2, -0.15) is 12.6 Å². The van der Waals surface area contributed by atoms with Gasteiger partial charge in [0.25, 0.3) is 0 Å². The average molecular weight is 189 g/mol. The van der Waals surface area contributed by atoms with Gasteiger partial charge in [-0.3, -0.25) is 0 Å². The highest BCUT2D eigenvalue weighted by atomic mass is 32.1. The monoisotopic (exact) mass is 189 g/mol. The smallest absolute Gasteiger partial charge is 0.0180 e. The number of likely N-dealkylation sites (tertiary alicyclic amines) is 1. The van der Waals surface area contributed by atoms with E-state index in [9.17, 15) is 0 Å². The molecule has 1 aliphatic heterocycles. The lowest BCUT2D eigenvalue weighted by molar-refractivity contribution is 0.269. The van der Waals surface area contributed by atoms with Crippen molar-refractivity contribution in [1.29, 1.82) is 0 Å². The van der Waals surface area contributed by atoms with E-state index in [-0.39, 0.29) is 0 Å². The zero-order valence-electron chi connectivity index (χ0n) is 8.88. The molecule has 2 heteroatoms. The largest absolute Gasteiger partial charge is 0.303 e. The molecule has 0 bridgehead atoms. The Morgan fingerprint density at radius 3 is 2.42 bits per heavy atom. The average Bonchev–Trinajstić information content (AvgIpc) is 2.24. The number of hydrogen-bond donors (Lipinski definition) is 1. The van der Waals surface area contributed by atoms with Crippen LogP contribution in [0.5, 0.6) is 0 Å². The predicted octanol–water partition coefficient (Wildman–Crippen LogP) is 2.82. The minimum absolute atomic E-state index is 0.590. The van der Waals surface area contributed by atoms with Crippen LogP contribution < -0.4 is 0 Å². The van der Waals surface area contributed by atoms with Gasteiger partial charge >= 0.3 is 0 Å². The van der Waals surface area contributed by atoms with Crippen molar-refractivity contribution >= 4 is 12.6 Å². The predicted molar refractivity (Wildman–Crippen MR) is 60.1 cm³/mol. The fourth-order valence-electron chi connectivity index (χ4n) is 1.45. The summed E-state index contributed by atoms with van der Waals surface area (Å²) < 4.78 is 0. The molecule has 0 amide bonds. The first-order valence-electron chi connectivity index (χ1n) is 5.10. The second kappa shape index (κ2) is 6.79. The van der Waals surface area contributed by atoms with Crippen LogP contribution in [0.4, 0.5) is 0 Å². The molecule has 1 fully saturated rings. The summed E-state index contributed by atoms with van der Waals surface area (Å²) in [5, 5.41) is 0.590. The standard InChI is InChI=1S/C8H17NS.C2H6/c1-7-8(10)5-3-4-6-9(7)2;1-2/h7-8,10H,3-6H2,1-2H3;1-2H3. The van der Waals surface area contributed by atoms with Gasteiger partial charge in [-0.05, 0) is 33.4 Å². The maximum absolute atomic E-state index is 4.54. The zero-order chi connectivity index (χ0) is 9.56. The summed E-state index contributed by atoms with van der Waals surface area (Å²) in [7, 11) is 2.19. The van der Waals surface area contributed by atoms with Gasteiger partial charge in [0.05, 0.1) is 0 Å². The summed E-state index contributed by atoms with van der Waals surface area (Å²) in [5.74, 6) is 0. The van der Waals surface area contributed by atoms with Crippen LogP contribution >= 0.6 is 12.6 Å². The lowest BCUT2D eigenvalue weighted by Crippen LogP contribution is -2.34. The summed E-state index contributed by atoms with van der Waals surface area (Å²) in [5.41, 5.74) is 0. The zero-order valence-corrected chi connectivity index (χ0v) is 9.77. The Hall–Kier alpha value is 0.310. The van der Waals surface area contributed by atoms with E-state index in [1.807, 2.05) is 13.8 Å². The quantitative estimate of drug-likeness (QED) is 0.574. The van der Waals surface area contributed by atoms with E-state index >= 15 is 0 Å². The van der Waals surface area contributed by atoms with Crippen molar-refractivity contribution in [2.45, 2.75) is 51.3 Å². The molecule has 12 heavy (non-hydrogen) atoms. The van der Waals surface area contributed by atoms with Crippen molar-refractivity contribution < 1.29 is 0 Å². The topological polar surface area (TPSA) is 3.24 Å². The van der Waals surface area contributed by atoms with Crippen LogP contribution in [0.25, 0.3) is 0 Å². The van der Waals surface area contributed by atoms with Crippen LogP contribution in [0.2, 0.25) is 0 Å². The van der Waals surface area contributed by atoms with Gasteiger partial charge in [0, 0.05) is 11.3 Å². The molecule has 1 rings (SSSR count). The number of thiol groups is 1. The molecule has 0 aromatic rings. The number of nitrogens with zero attached hydrogens (tertiary/aromatic N) is 1. The van der Waals surface area contributed by atoms with Crippen molar-refractivity contribution in [1.82, 2.24) is 4.90 Å². The van der Waals surface area contributed by atoms with Crippen molar-refractivity contribution in [3.8, 4) is 0 Å². The molecule has 2 atom stereocenters. The van der Waals surface area contributed by atoms with Crippen LogP contribution in [0.1, 0.15) is 40.0 Å². The van der Waals surface area contributed by atoms with Gasteiger partial charge in [0.1, 0.15) is 0 Å². The first kappa shape index (κ1) is 12.3. The molecule has 74 valence electrons. The van der Waals surface area contributed by atoms with E-state index in [2.05, 4.69) is 31.5 Å². The minimum atomic E-state index is 0.590. The van der Waals surface area contributed by atoms with Gasteiger partial charge in [0.15, 0.2) is 0 Å². The summed E-state index contributed by atoms with van der Waals surface area (Å²) in [4.78, 5) is 2.41. The first-order valence-corrected chi connectivity index (χ1v) is 5.62. The van der Waals surface area contributed by atoms with Crippen molar-refractivity contribution in [3.63, 3.8) is 0 Å². The molecule has 0 radical (unpaired) electrons. The van der Waals surface area contributed by atoms with Gasteiger partial charge in [-0.15, -0.1) is 0 Å². The van der Waals surface area contributed by atoms with E-state index in [1.165, 1.54) is 25.8 Å². The van der Waals surface area contributed by atoms with Crippen LogP contribution in [0.3, 0.4) is 0 Å². The van der Waals surface area contributed by atoms with E-state index in [4.69, 9.17) is 0 Å². The molecule has 1 nitrogen and oxygen atoms in total. The Balaban J connectivity index is 0.000000561. The Kier molecular flexibility index (Phi) is 6.96. The molecule has 1 saturated heterocycles. The number of rotatable bonds is 0. The Morgan fingerprint density at radius 2 is 1.83 bits per heavy atom. The summed E-state index contributed by atoms with van der Waals surface area (Å²) in [6.07, 6.45) is 3.98. The SMILES string of the molecule is CC.CC1C(S)CCCCN1C. The third kappa shape index (κ3) is 3.81. The van der Waals surface area contributed by atoms with Gasteiger partial charge in [0.2, 0.25) is 0 Å². The molecule has 0 N–H and O–H groups in total.